The maximum absolute atomic E-state index is 12.5. The molecule has 1 N–H and O–H groups in total. The normalized spacial score (nSPS) is 24.5. The van der Waals surface area contributed by atoms with E-state index in [1.165, 1.54) is 0 Å². The molecule has 1 saturated carbocycles. The largest absolute Gasteiger partial charge is 0.385 e. The predicted octanol–water partition coefficient (Wildman–Crippen LogP) is 1.50. The van der Waals surface area contributed by atoms with Gasteiger partial charge < -0.3 is 14.6 Å². The summed E-state index contributed by atoms with van der Waals surface area (Å²) in [7, 11) is -1.73. The van der Waals surface area contributed by atoms with Crippen molar-refractivity contribution in [2.24, 2.45) is 0 Å². The molecule has 146 valence electrons. The molecule has 1 aromatic rings. The molecule has 1 aliphatic carbocycles. The van der Waals surface area contributed by atoms with Gasteiger partial charge in [-0.3, -0.25) is 4.79 Å². The Morgan fingerprint density at radius 1 is 1.42 bits per heavy atom. The first-order chi connectivity index (χ1) is 12.4. The number of hydrogen-bond acceptors (Lipinski definition) is 6. The summed E-state index contributed by atoms with van der Waals surface area (Å²) in [6, 6.07) is 1.50. The smallest absolute Gasteiger partial charge is 0.273 e. The van der Waals surface area contributed by atoms with Crippen LogP contribution >= 0.6 is 0 Å². The third-order valence-electron chi connectivity index (χ3n) is 5.00. The molecule has 26 heavy (non-hydrogen) atoms. The molecule has 9 heteroatoms. The second-order valence-electron chi connectivity index (χ2n) is 7.21. The fraction of sp³-hybridized carbons (Fsp3) is 0.765. The second-order valence-corrected chi connectivity index (χ2v) is 9.25. The van der Waals surface area contributed by atoms with Crippen molar-refractivity contribution in [1.29, 1.82) is 0 Å². The summed E-state index contributed by atoms with van der Waals surface area (Å²) in [6.07, 6.45) is 3.84. The van der Waals surface area contributed by atoms with Crippen molar-refractivity contribution >= 4 is 15.9 Å². The molecule has 0 aromatic carbocycles. The molecule has 1 amide bonds. The van der Waals surface area contributed by atoms with E-state index in [-0.39, 0.29) is 23.7 Å². The van der Waals surface area contributed by atoms with E-state index in [0.29, 0.717) is 44.0 Å². The van der Waals surface area contributed by atoms with Gasteiger partial charge in [-0.25, -0.2) is 8.42 Å². The molecular formula is C17H27N3O5S. The van der Waals surface area contributed by atoms with Gasteiger partial charge in [0.25, 0.3) is 5.91 Å². The van der Waals surface area contributed by atoms with Crippen LogP contribution in [0.3, 0.4) is 0 Å². The Balaban J connectivity index is 1.52. The third kappa shape index (κ3) is 4.63. The summed E-state index contributed by atoms with van der Waals surface area (Å²) in [5.74, 6) is 1.02. The summed E-state index contributed by atoms with van der Waals surface area (Å²) in [4.78, 5) is 12.3. The summed E-state index contributed by atoms with van der Waals surface area (Å²) >= 11 is 0. The van der Waals surface area contributed by atoms with Crippen LogP contribution < -0.4 is 5.32 Å². The molecule has 2 heterocycles. The van der Waals surface area contributed by atoms with E-state index in [1.807, 2.05) is 6.92 Å². The predicted molar refractivity (Wildman–Crippen MR) is 95.4 cm³/mol. The van der Waals surface area contributed by atoms with Crippen molar-refractivity contribution in [3.8, 4) is 0 Å². The number of ether oxygens (including phenoxy) is 1. The average Bonchev–Trinajstić information content (AvgIpc) is 3.31. The fourth-order valence-corrected chi connectivity index (χ4v) is 5.15. The highest BCUT2D eigenvalue weighted by atomic mass is 32.2. The van der Waals surface area contributed by atoms with Crippen LogP contribution in [0.4, 0.5) is 0 Å². The van der Waals surface area contributed by atoms with Crippen LogP contribution in [-0.2, 0) is 14.8 Å². The Labute approximate surface area is 154 Å². The molecule has 8 nitrogen and oxygen atoms in total. The number of piperidine rings is 1. The number of amides is 1. The molecule has 1 saturated heterocycles. The molecule has 2 aliphatic rings. The first-order valence-corrected chi connectivity index (χ1v) is 10.8. The third-order valence-corrected chi connectivity index (χ3v) is 7.06. The maximum atomic E-state index is 12.5. The first-order valence-electron chi connectivity index (χ1n) is 9.16. The highest BCUT2D eigenvalue weighted by Crippen LogP contribution is 2.40. The number of hydrogen-bond donors (Lipinski definition) is 1. The summed E-state index contributed by atoms with van der Waals surface area (Å²) in [5, 5.41) is 6.81. The number of sulfonamides is 1. The molecule has 1 aliphatic heterocycles. The first kappa shape index (κ1) is 19.3. The lowest BCUT2D eigenvalue weighted by Gasteiger charge is -2.36. The van der Waals surface area contributed by atoms with E-state index >= 15 is 0 Å². The van der Waals surface area contributed by atoms with Crippen molar-refractivity contribution in [3.63, 3.8) is 0 Å². The van der Waals surface area contributed by atoms with Crippen LogP contribution in [0.1, 0.15) is 61.2 Å². The topological polar surface area (TPSA) is 102 Å². The molecule has 2 fully saturated rings. The zero-order valence-electron chi connectivity index (χ0n) is 15.3. The monoisotopic (exact) mass is 385 g/mol. The van der Waals surface area contributed by atoms with Gasteiger partial charge in [-0.05, 0) is 39.0 Å². The summed E-state index contributed by atoms with van der Waals surface area (Å²) < 4.78 is 36.6. The van der Waals surface area contributed by atoms with Crippen LogP contribution in [0.15, 0.2) is 10.6 Å². The number of aromatic nitrogens is 1. The Morgan fingerprint density at radius 2 is 2.19 bits per heavy atom. The molecule has 0 bridgehead atoms. The summed E-state index contributed by atoms with van der Waals surface area (Å²) in [6.45, 7) is 2.72. The van der Waals surface area contributed by atoms with E-state index in [9.17, 15) is 13.2 Å². The van der Waals surface area contributed by atoms with Gasteiger partial charge in [0.15, 0.2) is 5.69 Å². The van der Waals surface area contributed by atoms with Gasteiger partial charge in [0.05, 0.1) is 5.75 Å². The van der Waals surface area contributed by atoms with Gasteiger partial charge in [0, 0.05) is 44.3 Å². The molecule has 1 aromatic heterocycles. The lowest BCUT2D eigenvalue weighted by atomic mass is 10.0. The Kier molecular flexibility index (Phi) is 5.99. The Morgan fingerprint density at radius 3 is 2.85 bits per heavy atom. The zero-order valence-corrected chi connectivity index (χ0v) is 16.1. The van der Waals surface area contributed by atoms with Crippen LogP contribution in [-0.4, -0.2) is 61.9 Å². The Hall–Kier alpha value is -1.45. The van der Waals surface area contributed by atoms with Crippen molar-refractivity contribution in [2.45, 2.75) is 57.0 Å². The van der Waals surface area contributed by atoms with Crippen molar-refractivity contribution < 1.29 is 22.5 Å². The number of rotatable bonds is 8. The van der Waals surface area contributed by atoms with Gasteiger partial charge in [-0.15, -0.1) is 0 Å². The molecule has 0 unspecified atom stereocenters. The molecular weight excluding hydrogens is 358 g/mol. The van der Waals surface area contributed by atoms with Crippen LogP contribution in [0.2, 0.25) is 0 Å². The Bertz CT molecular complexity index is 729. The van der Waals surface area contributed by atoms with Gasteiger partial charge >= 0.3 is 0 Å². The highest BCUT2D eigenvalue weighted by Gasteiger charge is 2.34. The van der Waals surface area contributed by atoms with Gasteiger partial charge in [0.1, 0.15) is 5.76 Å². The standard InChI is InChI=1S/C17H27N3O5S/c1-12-10-14(6-7-20(12)26(22,23)9-3-8-24-2)18-17(21)15-11-16(25-19-15)13-4-5-13/h11-14H,3-10H2,1-2H3,(H,18,21)/t12-,14-/m1/s1. The molecule has 0 spiro atoms. The number of methoxy groups -OCH3 is 1. The second kappa shape index (κ2) is 8.06. The minimum Gasteiger partial charge on any atom is -0.385 e. The van der Waals surface area contributed by atoms with E-state index in [2.05, 4.69) is 10.5 Å². The van der Waals surface area contributed by atoms with Gasteiger partial charge in [0.2, 0.25) is 10.0 Å². The van der Waals surface area contributed by atoms with E-state index in [1.54, 1.807) is 17.5 Å². The SMILES string of the molecule is COCCCS(=O)(=O)N1CC[C@@H](NC(=O)c2cc(C3CC3)on2)C[C@H]1C. The lowest BCUT2D eigenvalue weighted by Crippen LogP contribution is -2.51. The minimum absolute atomic E-state index is 0.0657. The number of nitrogens with zero attached hydrogens (tertiary/aromatic N) is 2. The lowest BCUT2D eigenvalue weighted by molar-refractivity contribution is 0.0905. The molecule has 0 radical (unpaired) electrons. The van der Waals surface area contributed by atoms with Gasteiger partial charge in [-0.2, -0.15) is 4.31 Å². The van der Waals surface area contributed by atoms with Crippen molar-refractivity contribution in [2.75, 3.05) is 26.0 Å². The number of carbonyl (C=O) groups is 1. The number of carbonyl (C=O) groups excluding carboxylic acids is 1. The van der Waals surface area contributed by atoms with Crippen molar-refractivity contribution in [3.05, 3.63) is 17.5 Å². The average molecular weight is 385 g/mol. The zero-order chi connectivity index (χ0) is 18.7. The van der Waals surface area contributed by atoms with Gasteiger partial charge in [-0.1, -0.05) is 5.16 Å². The van der Waals surface area contributed by atoms with Crippen LogP contribution in [0.25, 0.3) is 0 Å². The molecule has 3 rings (SSSR count). The number of nitrogens with one attached hydrogen (secondary N) is 1. The highest BCUT2D eigenvalue weighted by molar-refractivity contribution is 7.89. The fourth-order valence-electron chi connectivity index (χ4n) is 3.41. The quantitative estimate of drug-likeness (QED) is 0.681. The molecule has 2 atom stereocenters. The summed E-state index contributed by atoms with van der Waals surface area (Å²) in [5.41, 5.74) is 0.300. The van der Waals surface area contributed by atoms with E-state index < -0.39 is 10.0 Å². The van der Waals surface area contributed by atoms with E-state index in [4.69, 9.17) is 9.26 Å². The van der Waals surface area contributed by atoms with Crippen molar-refractivity contribution in [1.82, 2.24) is 14.8 Å². The van der Waals surface area contributed by atoms with Crippen LogP contribution in [0, 0.1) is 0 Å². The minimum atomic E-state index is -3.29. The van der Waals surface area contributed by atoms with E-state index in [0.717, 1.165) is 18.6 Å². The van der Waals surface area contributed by atoms with Crippen LogP contribution in [0.5, 0.6) is 0 Å². The maximum Gasteiger partial charge on any atom is 0.273 e.